The van der Waals surface area contributed by atoms with E-state index in [2.05, 4.69) is 0 Å². The van der Waals surface area contributed by atoms with Gasteiger partial charge in [0.1, 0.15) is 18.3 Å². The summed E-state index contributed by atoms with van der Waals surface area (Å²) in [5, 5.41) is 2.18. The molecule has 0 radical (unpaired) electrons. The van der Waals surface area contributed by atoms with Gasteiger partial charge in [-0.05, 0) is 35.4 Å². The van der Waals surface area contributed by atoms with Gasteiger partial charge in [-0.3, -0.25) is 0 Å². The second kappa shape index (κ2) is 13.4. The van der Waals surface area contributed by atoms with Crippen LogP contribution in [0, 0.1) is 0 Å². The zero-order valence-corrected chi connectivity index (χ0v) is 21.3. The highest BCUT2D eigenvalue weighted by molar-refractivity contribution is 6.35. The molecule has 2 aromatic carbocycles. The minimum absolute atomic E-state index is 0.238. The maximum absolute atomic E-state index is 6.31. The number of ether oxygens (including phenoxy) is 6. The largest absolute Gasteiger partial charge is 0.382 e. The van der Waals surface area contributed by atoms with Crippen LogP contribution in [0.3, 0.4) is 0 Å². The number of methoxy groups -OCH3 is 2. The Morgan fingerprint density at radius 1 is 0.788 bits per heavy atom. The van der Waals surface area contributed by atoms with Crippen LogP contribution in [-0.4, -0.2) is 58.6 Å². The molecule has 0 N–H and O–H groups in total. The summed E-state index contributed by atoms with van der Waals surface area (Å²) >= 11 is 24.5. The lowest BCUT2D eigenvalue weighted by molar-refractivity contribution is -0.170. The van der Waals surface area contributed by atoms with Crippen LogP contribution >= 0.6 is 46.4 Å². The van der Waals surface area contributed by atoms with Gasteiger partial charge in [-0.15, -0.1) is 0 Å². The van der Waals surface area contributed by atoms with E-state index in [0.717, 1.165) is 11.1 Å². The van der Waals surface area contributed by atoms with Gasteiger partial charge < -0.3 is 28.4 Å². The maximum Gasteiger partial charge on any atom is 0.186 e. The quantitative estimate of drug-likeness (QED) is 0.317. The van der Waals surface area contributed by atoms with E-state index < -0.39 is 24.6 Å². The molecule has 0 saturated carbocycles. The highest BCUT2D eigenvalue weighted by atomic mass is 35.5. The fraction of sp³-hybridized carbons (Fsp3) is 0.478. The molecule has 0 aliphatic carbocycles. The van der Waals surface area contributed by atoms with Crippen molar-refractivity contribution in [2.24, 2.45) is 0 Å². The molecule has 4 atom stereocenters. The molecule has 182 valence electrons. The lowest BCUT2D eigenvalue weighted by atomic mass is 10.1. The number of benzene rings is 2. The zero-order chi connectivity index (χ0) is 23.8. The first-order chi connectivity index (χ1) is 15.9. The molecule has 0 spiro atoms. The van der Waals surface area contributed by atoms with E-state index in [1.54, 1.807) is 38.5 Å². The monoisotopic (exact) mass is 538 g/mol. The van der Waals surface area contributed by atoms with E-state index in [9.17, 15) is 0 Å². The van der Waals surface area contributed by atoms with Gasteiger partial charge in [0.2, 0.25) is 0 Å². The lowest BCUT2D eigenvalue weighted by Crippen LogP contribution is -2.40. The Hall–Kier alpha value is -0.640. The average Bonchev–Trinajstić information content (AvgIpc) is 3.11. The van der Waals surface area contributed by atoms with Crippen LogP contribution in [0.5, 0.6) is 0 Å². The van der Waals surface area contributed by atoms with Crippen LogP contribution < -0.4 is 0 Å². The van der Waals surface area contributed by atoms with Gasteiger partial charge in [-0.25, -0.2) is 0 Å². The second-order valence-electron chi connectivity index (χ2n) is 7.37. The normalized spacial score (nSPS) is 22.7. The Balaban J connectivity index is 1.68. The molecule has 2 aromatic rings. The van der Waals surface area contributed by atoms with Crippen molar-refractivity contribution in [3.8, 4) is 0 Å². The molecule has 0 aromatic heterocycles. The Bertz CT molecular complexity index is 899. The highest BCUT2D eigenvalue weighted by Crippen LogP contribution is 2.30. The van der Waals surface area contributed by atoms with Crippen molar-refractivity contribution in [2.75, 3.05) is 34.0 Å². The number of hydrogen-bond donors (Lipinski definition) is 0. The van der Waals surface area contributed by atoms with Crippen LogP contribution in [0.25, 0.3) is 0 Å². The first kappa shape index (κ1) is 27.0. The van der Waals surface area contributed by atoms with Crippen LogP contribution in [0.15, 0.2) is 36.4 Å². The molecular weight excluding hydrogens is 514 g/mol. The van der Waals surface area contributed by atoms with Gasteiger partial charge in [0.05, 0.1) is 33.0 Å². The van der Waals surface area contributed by atoms with Crippen molar-refractivity contribution in [3.63, 3.8) is 0 Å². The third kappa shape index (κ3) is 7.67. The zero-order valence-electron chi connectivity index (χ0n) is 18.3. The summed E-state index contributed by atoms with van der Waals surface area (Å²) in [5.41, 5.74) is 1.62. The average molecular weight is 540 g/mol. The third-order valence-corrected chi connectivity index (χ3v) is 6.27. The van der Waals surface area contributed by atoms with Crippen molar-refractivity contribution < 1.29 is 28.4 Å². The van der Waals surface area contributed by atoms with Gasteiger partial charge in [0, 0.05) is 34.3 Å². The summed E-state index contributed by atoms with van der Waals surface area (Å²) in [6, 6.07) is 10.5. The van der Waals surface area contributed by atoms with Gasteiger partial charge in [0.25, 0.3) is 0 Å². The predicted molar refractivity (Wildman–Crippen MR) is 128 cm³/mol. The molecule has 33 heavy (non-hydrogen) atoms. The maximum atomic E-state index is 6.31. The molecular formula is C23H26Cl4O6. The molecule has 0 unspecified atom stereocenters. The second-order valence-corrected chi connectivity index (χ2v) is 9.06. The molecule has 3 rings (SSSR count). The molecule has 1 saturated heterocycles. The standard InChI is InChI=1S/C23H26Cl4O6/c1-28-7-8-31-22-21(32-12-15-4-6-17(25)10-19(15)27)20(33-23(22)29-2)13-30-11-14-3-5-16(24)9-18(14)26/h3-6,9-10,20-23H,7-8,11-13H2,1-2H3/t20-,21-,22-,23+/m1/s1. The van der Waals surface area contributed by atoms with Gasteiger partial charge >= 0.3 is 0 Å². The van der Waals surface area contributed by atoms with Crippen molar-refractivity contribution in [3.05, 3.63) is 67.6 Å². The van der Waals surface area contributed by atoms with E-state index in [-0.39, 0.29) is 13.2 Å². The summed E-state index contributed by atoms with van der Waals surface area (Å²) in [5.74, 6) is 0. The van der Waals surface area contributed by atoms with Crippen molar-refractivity contribution in [2.45, 2.75) is 37.8 Å². The van der Waals surface area contributed by atoms with E-state index in [4.69, 9.17) is 74.8 Å². The first-order valence-corrected chi connectivity index (χ1v) is 11.8. The summed E-state index contributed by atoms with van der Waals surface area (Å²) in [6.45, 7) is 1.56. The molecule has 10 heteroatoms. The molecule has 1 aliphatic heterocycles. The Kier molecular flexibility index (Phi) is 11.0. The first-order valence-electron chi connectivity index (χ1n) is 10.3. The van der Waals surface area contributed by atoms with Crippen LogP contribution in [0.2, 0.25) is 20.1 Å². The summed E-state index contributed by atoms with van der Waals surface area (Å²) < 4.78 is 34.7. The SMILES string of the molecule is COCCO[C@H]1[C@@H](OC)O[C@H](COCc2ccc(Cl)cc2Cl)[C@H]1OCc1ccc(Cl)cc1Cl. The Labute approximate surface area is 213 Å². The summed E-state index contributed by atoms with van der Waals surface area (Å²) in [7, 11) is 3.17. The van der Waals surface area contributed by atoms with Gasteiger partial charge in [-0.1, -0.05) is 58.5 Å². The van der Waals surface area contributed by atoms with E-state index in [0.29, 0.717) is 39.9 Å². The van der Waals surface area contributed by atoms with Crippen molar-refractivity contribution in [1.82, 2.24) is 0 Å². The van der Waals surface area contributed by atoms with Crippen molar-refractivity contribution in [1.29, 1.82) is 0 Å². The molecule has 1 fully saturated rings. The van der Waals surface area contributed by atoms with E-state index >= 15 is 0 Å². The van der Waals surface area contributed by atoms with Gasteiger partial charge in [0.15, 0.2) is 6.29 Å². The van der Waals surface area contributed by atoms with E-state index in [1.807, 2.05) is 12.1 Å². The minimum atomic E-state index is -0.625. The minimum Gasteiger partial charge on any atom is -0.382 e. The number of rotatable bonds is 12. The van der Waals surface area contributed by atoms with Crippen LogP contribution in [0.1, 0.15) is 11.1 Å². The smallest absolute Gasteiger partial charge is 0.186 e. The topological polar surface area (TPSA) is 55.4 Å². The third-order valence-electron chi connectivity index (χ3n) is 5.10. The number of halogens is 4. The number of hydrogen-bond acceptors (Lipinski definition) is 6. The fourth-order valence-corrected chi connectivity index (χ4v) is 4.34. The molecule has 6 nitrogen and oxygen atoms in total. The van der Waals surface area contributed by atoms with Crippen LogP contribution in [0.4, 0.5) is 0 Å². The highest BCUT2D eigenvalue weighted by Gasteiger charge is 2.46. The Morgan fingerprint density at radius 2 is 1.42 bits per heavy atom. The molecule has 0 bridgehead atoms. The predicted octanol–water partition coefficient (Wildman–Crippen LogP) is 5.81. The summed E-state index contributed by atoms with van der Waals surface area (Å²) in [6.07, 6.45) is -2.02. The van der Waals surface area contributed by atoms with Crippen LogP contribution in [-0.2, 0) is 41.6 Å². The molecule has 0 amide bonds. The lowest BCUT2D eigenvalue weighted by Gasteiger charge is -2.24. The Morgan fingerprint density at radius 3 is 2.00 bits per heavy atom. The fourth-order valence-electron chi connectivity index (χ4n) is 3.41. The van der Waals surface area contributed by atoms with E-state index in [1.165, 1.54) is 0 Å². The van der Waals surface area contributed by atoms with Crippen molar-refractivity contribution >= 4 is 46.4 Å². The summed E-state index contributed by atoms with van der Waals surface area (Å²) in [4.78, 5) is 0. The molecule has 1 aliphatic rings. The molecule has 1 heterocycles. The van der Waals surface area contributed by atoms with Gasteiger partial charge in [-0.2, -0.15) is 0 Å².